The number of thiophene rings is 1. The Morgan fingerprint density at radius 1 is 1.33 bits per heavy atom. The number of ether oxygens (including phenoxy) is 1. The lowest BCUT2D eigenvalue weighted by Gasteiger charge is -2.16. The van der Waals surface area contributed by atoms with Crippen molar-refractivity contribution in [2.45, 2.75) is 11.1 Å². The van der Waals surface area contributed by atoms with Gasteiger partial charge in [-0.15, -0.1) is 11.3 Å². The van der Waals surface area contributed by atoms with Crippen LogP contribution in [0.3, 0.4) is 0 Å². The summed E-state index contributed by atoms with van der Waals surface area (Å²) in [4.78, 5) is 0. The fourth-order valence-electron chi connectivity index (χ4n) is 1.74. The highest BCUT2D eigenvalue weighted by molar-refractivity contribution is 7.91. The van der Waals surface area contributed by atoms with E-state index < -0.39 is 10.0 Å². The molecule has 1 heterocycles. The monoisotopic (exact) mass is 326 g/mol. The first kappa shape index (κ1) is 15.8. The van der Waals surface area contributed by atoms with E-state index in [9.17, 15) is 8.42 Å². The van der Waals surface area contributed by atoms with Crippen LogP contribution >= 0.6 is 11.3 Å². The molecule has 1 aromatic heterocycles. The standard InChI is InChI=1S/C14H18N2O3S2/c1-11-4-3-5-13(8-11)19-7-6-16(2)21(17,18)14-9-12(15)10-20-14/h3-5,8-10H,6-7,15H2,1-2H3. The van der Waals surface area contributed by atoms with Crippen LogP contribution in [0.4, 0.5) is 5.69 Å². The lowest BCUT2D eigenvalue weighted by atomic mass is 10.2. The van der Waals surface area contributed by atoms with Gasteiger partial charge >= 0.3 is 0 Å². The van der Waals surface area contributed by atoms with Crippen molar-refractivity contribution in [3.63, 3.8) is 0 Å². The number of rotatable bonds is 6. The summed E-state index contributed by atoms with van der Waals surface area (Å²) in [6.45, 7) is 2.54. The van der Waals surface area contributed by atoms with Crippen molar-refractivity contribution >= 4 is 27.0 Å². The molecule has 0 saturated heterocycles. The first-order chi connectivity index (χ1) is 9.89. The first-order valence-electron chi connectivity index (χ1n) is 6.39. The largest absolute Gasteiger partial charge is 0.492 e. The molecule has 2 rings (SSSR count). The molecule has 21 heavy (non-hydrogen) atoms. The molecule has 0 fully saturated rings. The highest BCUT2D eigenvalue weighted by atomic mass is 32.2. The molecule has 114 valence electrons. The van der Waals surface area contributed by atoms with Crippen molar-refractivity contribution in [2.24, 2.45) is 0 Å². The van der Waals surface area contributed by atoms with Crippen molar-refractivity contribution in [1.82, 2.24) is 4.31 Å². The zero-order chi connectivity index (χ0) is 15.5. The fraction of sp³-hybridized carbons (Fsp3) is 0.286. The molecule has 0 atom stereocenters. The summed E-state index contributed by atoms with van der Waals surface area (Å²) in [7, 11) is -1.96. The van der Waals surface area contributed by atoms with E-state index in [2.05, 4.69) is 0 Å². The molecule has 7 heteroatoms. The molecule has 0 unspecified atom stereocenters. The molecule has 0 spiro atoms. The fourth-order valence-corrected chi connectivity index (χ4v) is 4.18. The second-order valence-corrected chi connectivity index (χ2v) is 7.87. The second-order valence-electron chi connectivity index (χ2n) is 4.69. The Labute approximate surface area is 129 Å². The van der Waals surface area contributed by atoms with Crippen molar-refractivity contribution in [3.8, 4) is 5.75 Å². The Bertz CT molecular complexity index is 711. The molecule has 1 aromatic carbocycles. The molecule has 0 aliphatic heterocycles. The van der Waals surface area contributed by atoms with E-state index in [0.29, 0.717) is 12.3 Å². The quantitative estimate of drug-likeness (QED) is 0.884. The maximum Gasteiger partial charge on any atom is 0.252 e. The van der Waals surface area contributed by atoms with Crippen LogP contribution in [0.15, 0.2) is 39.9 Å². The molecule has 0 amide bonds. The van der Waals surface area contributed by atoms with Crippen LogP contribution in [0.25, 0.3) is 0 Å². The van der Waals surface area contributed by atoms with Crippen molar-refractivity contribution in [3.05, 3.63) is 41.3 Å². The van der Waals surface area contributed by atoms with E-state index in [4.69, 9.17) is 10.5 Å². The molecule has 0 bridgehead atoms. The summed E-state index contributed by atoms with van der Waals surface area (Å²) in [6.07, 6.45) is 0. The normalized spacial score (nSPS) is 11.8. The third-order valence-electron chi connectivity index (χ3n) is 2.92. The number of benzene rings is 1. The van der Waals surface area contributed by atoms with Crippen LogP contribution in [0.5, 0.6) is 5.75 Å². The van der Waals surface area contributed by atoms with E-state index in [-0.39, 0.29) is 10.8 Å². The zero-order valence-electron chi connectivity index (χ0n) is 11.9. The van der Waals surface area contributed by atoms with Crippen LogP contribution in [-0.4, -0.2) is 32.9 Å². The Hall–Kier alpha value is -1.57. The number of sulfonamides is 1. The van der Waals surface area contributed by atoms with E-state index in [1.165, 1.54) is 17.4 Å². The molecular formula is C14H18N2O3S2. The number of likely N-dealkylation sites (N-methyl/N-ethyl adjacent to an activating group) is 1. The van der Waals surface area contributed by atoms with E-state index in [1.54, 1.807) is 5.38 Å². The summed E-state index contributed by atoms with van der Waals surface area (Å²) in [5.41, 5.74) is 7.13. The van der Waals surface area contributed by atoms with Crippen LogP contribution < -0.4 is 10.5 Å². The van der Waals surface area contributed by atoms with Gasteiger partial charge in [0, 0.05) is 24.7 Å². The van der Waals surface area contributed by atoms with Crippen molar-refractivity contribution in [2.75, 3.05) is 25.9 Å². The molecule has 0 aliphatic rings. The lowest BCUT2D eigenvalue weighted by Crippen LogP contribution is -2.30. The average molecular weight is 326 g/mol. The van der Waals surface area contributed by atoms with Gasteiger partial charge in [-0.2, -0.15) is 4.31 Å². The molecule has 2 aromatic rings. The summed E-state index contributed by atoms with van der Waals surface area (Å²) in [6, 6.07) is 9.11. The van der Waals surface area contributed by atoms with Gasteiger partial charge in [-0.25, -0.2) is 8.42 Å². The lowest BCUT2D eigenvalue weighted by molar-refractivity contribution is 0.287. The number of nitrogens with zero attached hydrogens (tertiary/aromatic N) is 1. The van der Waals surface area contributed by atoms with Crippen LogP contribution in [-0.2, 0) is 10.0 Å². The molecule has 2 N–H and O–H groups in total. The topological polar surface area (TPSA) is 72.6 Å². The van der Waals surface area contributed by atoms with E-state index >= 15 is 0 Å². The van der Waals surface area contributed by atoms with E-state index in [1.807, 2.05) is 31.2 Å². The minimum absolute atomic E-state index is 0.248. The smallest absolute Gasteiger partial charge is 0.252 e. The van der Waals surface area contributed by atoms with Crippen LogP contribution in [0.1, 0.15) is 5.56 Å². The average Bonchev–Trinajstić information content (AvgIpc) is 2.86. The first-order valence-corrected chi connectivity index (χ1v) is 8.71. The number of hydrogen-bond acceptors (Lipinski definition) is 5. The second kappa shape index (κ2) is 6.46. The number of hydrogen-bond donors (Lipinski definition) is 1. The Morgan fingerprint density at radius 3 is 2.71 bits per heavy atom. The Morgan fingerprint density at radius 2 is 2.10 bits per heavy atom. The molecule has 0 saturated carbocycles. The highest BCUT2D eigenvalue weighted by Crippen LogP contribution is 2.24. The van der Waals surface area contributed by atoms with Crippen molar-refractivity contribution in [1.29, 1.82) is 0 Å². The SMILES string of the molecule is Cc1cccc(OCCN(C)S(=O)(=O)c2cc(N)cs2)c1. The predicted molar refractivity (Wildman–Crippen MR) is 85.2 cm³/mol. The minimum Gasteiger partial charge on any atom is -0.492 e. The van der Waals surface area contributed by atoms with Crippen molar-refractivity contribution < 1.29 is 13.2 Å². The number of nitrogens with two attached hydrogens (primary N) is 1. The van der Waals surface area contributed by atoms with Gasteiger partial charge in [0.25, 0.3) is 10.0 Å². The number of anilines is 1. The Balaban J connectivity index is 1.94. The molecule has 5 nitrogen and oxygen atoms in total. The molecule has 0 aliphatic carbocycles. The van der Waals surface area contributed by atoms with Gasteiger partial charge in [-0.05, 0) is 30.7 Å². The summed E-state index contributed by atoms with van der Waals surface area (Å²) >= 11 is 1.12. The number of nitrogen functional groups attached to an aromatic ring is 1. The van der Waals surface area contributed by atoms with Gasteiger partial charge in [0.1, 0.15) is 16.6 Å². The van der Waals surface area contributed by atoms with Gasteiger partial charge in [-0.1, -0.05) is 12.1 Å². The maximum atomic E-state index is 12.3. The Kier molecular flexibility index (Phi) is 4.87. The zero-order valence-corrected chi connectivity index (χ0v) is 13.6. The predicted octanol–water partition coefficient (Wildman–Crippen LogP) is 2.34. The maximum absolute atomic E-state index is 12.3. The van der Waals surface area contributed by atoms with Gasteiger partial charge in [-0.3, -0.25) is 0 Å². The summed E-state index contributed by atoms with van der Waals surface area (Å²) < 4.78 is 31.6. The summed E-state index contributed by atoms with van der Waals surface area (Å²) in [5, 5.41) is 1.62. The van der Waals surface area contributed by atoms with Gasteiger partial charge in [0.2, 0.25) is 0 Å². The van der Waals surface area contributed by atoms with Gasteiger partial charge < -0.3 is 10.5 Å². The minimum atomic E-state index is -3.49. The molecular weight excluding hydrogens is 308 g/mol. The van der Waals surface area contributed by atoms with Gasteiger partial charge in [0.05, 0.1) is 0 Å². The highest BCUT2D eigenvalue weighted by Gasteiger charge is 2.22. The third-order valence-corrected chi connectivity index (χ3v) is 6.21. The van der Waals surface area contributed by atoms with Crippen LogP contribution in [0.2, 0.25) is 0 Å². The third kappa shape index (κ3) is 3.96. The molecule has 0 radical (unpaired) electrons. The number of aryl methyl sites for hydroxylation is 1. The van der Waals surface area contributed by atoms with E-state index in [0.717, 1.165) is 22.6 Å². The van der Waals surface area contributed by atoms with Gasteiger partial charge in [0.15, 0.2) is 0 Å². The summed E-state index contributed by atoms with van der Waals surface area (Å²) in [5.74, 6) is 0.737. The van der Waals surface area contributed by atoms with Crippen LogP contribution in [0, 0.1) is 6.92 Å².